The zero-order valence-electron chi connectivity index (χ0n) is 16.5. The zero-order valence-corrected chi connectivity index (χ0v) is 16.5. The molecule has 0 aromatic heterocycles. The number of anilines is 1. The van der Waals surface area contributed by atoms with E-state index in [1.165, 1.54) is 0 Å². The Morgan fingerprint density at radius 2 is 1.92 bits per heavy atom. The minimum atomic E-state index is -0.778. The summed E-state index contributed by atoms with van der Waals surface area (Å²) in [6.45, 7) is 9.48. The minimum Gasteiger partial charge on any atom is -0.497 e. The Hall–Kier alpha value is -2.44. The molecule has 1 unspecified atom stereocenters. The van der Waals surface area contributed by atoms with E-state index >= 15 is 0 Å². The number of benzene rings is 1. The monoisotopic (exact) mass is 366 g/mol. The second-order valence-corrected chi connectivity index (χ2v) is 6.92. The molecule has 7 heteroatoms. The molecule has 0 saturated heterocycles. The summed E-state index contributed by atoms with van der Waals surface area (Å²) < 4.78 is 16.1. The third-order valence-electron chi connectivity index (χ3n) is 3.33. The first-order valence-electron chi connectivity index (χ1n) is 8.77. The predicted octanol–water partition coefficient (Wildman–Crippen LogP) is 3.73. The first-order chi connectivity index (χ1) is 12.2. The number of nitrogens with one attached hydrogen (secondary N) is 2. The molecule has 0 radical (unpaired) electrons. The molecule has 0 fully saturated rings. The number of methoxy groups -OCH3 is 1. The van der Waals surface area contributed by atoms with Crippen molar-refractivity contribution in [3.8, 4) is 11.5 Å². The van der Waals surface area contributed by atoms with Crippen molar-refractivity contribution in [3.05, 3.63) is 18.2 Å². The summed E-state index contributed by atoms with van der Waals surface area (Å²) in [5, 5.41) is 5.28. The van der Waals surface area contributed by atoms with Gasteiger partial charge in [-0.2, -0.15) is 0 Å². The van der Waals surface area contributed by atoms with E-state index in [0.717, 1.165) is 12.8 Å². The average molecular weight is 366 g/mol. The summed E-state index contributed by atoms with van der Waals surface area (Å²) in [6.07, 6.45) is 1.27. The molecule has 1 rings (SSSR count). The lowest BCUT2D eigenvalue weighted by molar-refractivity contribution is -0.117. The number of carbonyl (C=O) groups is 2. The summed E-state index contributed by atoms with van der Waals surface area (Å²) in [6, 6.07) is 4.41. The lowest BCUT2D eigenvalue weighted by atomic mass is 10.2. The van der Waals surface area contributed by atoms with Crippen molar-refractivity contribution in [3.63, 3.8) is 0 Å². The first kappa shape index (κ1) is 21.6. The third kappa shape index (κ3) is 7.63. The van der Waals surface area contributed by atoms with Gasteiger partial charge in [0.1, 0.15) is 23.1 Å². The van der Waals surface area contributed by atoms with Gasteiger partial charge in [0, 0.05) is 6.07 Å². The first-order valence-corrected chi connectivity index (χ1v) is 8.77. The normalized spacial score (nSPS) is 12.1. The highest BCUT2D eigenvalue weighted by atomic mass is 16.6. The lowest BCUT2D eigenvalue weighted by Crippen LogP contribution is -2.44. The number of amides is 2. The van der Waals surface area contributed by atoms with Crippen molar-refractivity contribution >= 4 is 17.7 Å². The summed E-state index contributed by atoms with van der Waals surface area (Å²) in [5.41, 5.74) is -0.142. The molecule has 0 spiro atoms. The largest absolute Gasteiger partial charge is 0.497 e. The van der Waals surface area contributed by atoms with Crippen LogP contribution in [0.25, 0.3) is 0 Å². The van der Waals surface area contributed by atoms with Crippen molar-refractivity contribution in [2.75, 3.05) is 19.0 Å². The molecule has 1 aromatic carbocycles. The van der Waals surface area contributed by atoms with Crippen LogP contribution in [0.2, 0.25) is 0 Å². The molecule has 26 heavy (non-hydrogen) atoms. The second kappa shape index (κ2) is 9.89. The van der Waals surface area contributed by atoms with E-state index in [0.29, 0.717) is 23.8 Å². The van der Waals surface area contributed by atoms with Crippen LogP contribution in [0.3, 0.4) is 0 Å². The predicted molar refractivity (Wildman–Crippen MR) is 101 cm³/mol. The molecular weight excluding hydrogens is 336 g/mol. The van der Waals surface area contributed by atoms with Crippen LogP contribution in [-0.4, -0.2) is 37.4 Å². The number of unbranched alkanes of at least 4 members (excludes halogenated alkanes) is 1. The van der Waals surface area contributed by atoms with Crippen molar-refractivity contribution in [2.24, 2.45) is 0 Å². The van der Waals surface area contributed by atoms with Gasteiger partial charge < -0.3 is 24.8 Å². The highest BCUT2D eigenvalue weighted by Crippen LogP contribution is 2.29. The number of ether oxygens (including phenoxy) is 3. The molecule has 2 N–H and O–H groups in total. The maximum Gasteiger partial charge on any atom is 0.408 e. The molecule has 7 nitrogen and oxygen atoms in total. The summed E-state index contributed by atoms with van der Waals surface area (Å²) in [4.78, 5) is 24.2. The van der Waals surface area contributed by atoms with Crippen LogP contribution < -0.4 is 20.1 Å². The van der Waals surface area contributed by atoms with E-state index in [2.05, 4.69) is 17.6 Å². The molecule has 0 aliphatic carbocycles. The van der Waals surface area contributed by atoms with Gasteiger partial charge in [0.15, 0.2) is 0 Å². The number of hydrogen-bond acceptors (Lipinski definition) is 5. The molecule has 0 heterocycles. The molecule has 0 bridgehead atoms. The summed E-state index contributed by atoms with van der Waals surface area (Å²) >= 11 is 0. The Bertz CT molecular complexity index is 610. The quantitative estimate of drug-likeness (QED) is 0.685. The molecule has 2 amide bonds. The van der Waals surface area contributed by atoms with E-state index in [-0.39, 0.29) is 5.91 Å². The van der Waals surface area contributed by atoms with Crippen molar-refractivity contribution in [1.82, 2.24) is 5.32 Å². The van der Waals surface area contributed by atoms with Gasteiger partial charge in [0.25, 0.3) is 0 Å². The van der Waals surface area contributed by atoms with Gasteiger partial charge in [0.2, 0.25) is 5.91 Å². The Kier molecular flexibility index (Phi) is 8.22. The van der Waals surface area contributed by atoms with Crippen molar-refractivity contribution < 1.29 is 23.8 Å². The van der Waals surface area contributed by atoms with Crippen LogP contribution in [0.1, 0.15) is 47.5 Å². The van der Waals surface area contributed by atoms with Crippen molar-refractivity contribution in [1.29, 1.82) is 0 Å². The molecule has 0 aliphatic heterocycles. The second-order valence-electron chi connectivity index (χ2n) is 6.92. The maximum atomic E-state index is 12.4. The van der Waals surface area contributed by atoms with Gasteiger partial charge in [-0.05, 0) is 46.2 Å². The Balaban J connectivity index is 2.78. The molecule has 1 atom stereocenters. The number of rotatable bonds is 8. The topological polar surface area (TPSA) is 85.9 Å². The van der Waals surface area contributed by atoms with Gasteiger partial charge in [-0.1, -0.05) is 13.3 Å². The molecular formula is C19H30N2O5. The van der Waals surface area contributed by atoms with Gasteiger partial charge in [-0.3, -0.25) is 4.79 Å². The van der Waals surface area contributed by atoms with E-state index < -0.39 is 17.7 Å². The fraction of sp³-hybridized carbons (Fsp3) is 0.579. The fourth-order valence-corrected chi connectivity index (χ4v) is 1.98. The van der Waals surface area contributed by atoms with E-state index in [4.69, 9.17) is 14.2 Å². The standard InChI is InChI=1S/C19H30N2O5/c1-7-8-11-25-16-10-9-14(24-6)12-15(16)21-17(22)13(2)20-18(23)26-19(3,4)5/h9-10,12-13H,7-8,11H2,1-6H3,(H,20,23)(H,21,22). The number of hydrogen-bond donors (Lipinski definition) is 2. The number of alkyl carbamates (subject to hydrolysis) is 1. The molecule has 0 saturated carbocycles. The minimum absolute atomic E-state index is 0.385. The average Bonchev–Trinajstić information content (AvgIpc) is 2.54. The van der Waals surface area contributed by atoms with Gasteiger partial charge >= 0.3 is 6.09 Å². The molecule has 146 valence electrons. The summed E-state index contributed by atoms with van der Waals surface area (Å²) in [5.74, 6) is 0.761. The third-order valence-corrected chi connectivity index (χ3v) is 3.33. The van der Waals surface area contributed by atoms with Crippen LogP contribution in [-0.2, 0) is 9.53 Å². The Labute approximate surface area is 155 Å². The highest BCUT2D eigenvalue weighted by molar-refractivity contribution is 5.97. The number of carbonyl (C=O) groups excluding carboxylic acids is 2. The van der Waals surface area contributed by atoms with Gasteiger partial charge in [0.05, 0.1) is 19.4 Å². The van der Waals surface area contributed by atoms with Crippen molar-refractivity contribution in [2.45, 2.75) is 59.1 Å². The molecule has 1 aromatic rings. The lowest BCUT2D eigenvalue weighted by Gasteiger charge is -2.22. The Morgan fingerprint density at radius 1 is 1.23 bits per heavy atom. The van der Waals surface area contributed by atoms with Gasteiger partial charge in [-0.25, -0.2) is 4.79 Å². The van der Waals surface area contributed by atoms with Gasteiger partial charge in [-0.15, -0.1) is 0 Å². The van der Waals surface area contributed by atoms with Crippen LogP contribution in [0.4, 0.5) is 10.5 Å². The Morgan fingerprint density at radius 3 is 2.50 bits per heavy atom. The van der Waals surface area contributed by atoms with Crippen LogP contribution in [0.5, 0.6) is 11.5 Å². The SMILES string of the molecule is CCCCOc1ccc(OC)cc1NC(=O)C(C)NC(=O)OC(C)(C)C. The smallest absolute Gasteiger partial charge is 0.408 e. The highest BCUT2D eigenvalue weighted by Gasteiger charge is 2.22. The fourth-order valence-electron chi connectivity index (χ4n) is 1.98. The van der Waals surface area contributed by atoms with E-state index in [1.807, 2.05) is 0 Å². The maximum absolute atomic E-state index is 12.4. The summed E-state index contributed by atoms with van der Waals surface area (Å²) in [7, 11) is 1.55. The van der Waals surface area contributed by atoms with Crippen LogP contribution in [0, 0.1) is 0 Å². The van der Waals surface area contributed by atoms with Crippen LogP contribution >= 0.6 is 0 Å². The molecule has 0 aliphatic rings. The van der Waals surface area contributed by atoms with E-state index in [1.54, 1.807) is 53.0 Å². The zero-order chi connectivity index (χ0) is 19.7. The van der Waals surface area contributed by atoms with E-state index in [9.17, 15) is 9.59 Å². The van der Waals surface area contributed by atoms with Crippen LogP contribution in [0.15, 0.2) is 18.2 Å².